The average Bonchev–Trinajstić information content (AvgIpc) is 2.32. The molecule has 0 unspecified atom stereocenters. The lowest BCUT2D eigenvalue weighted by Gasteiger charge is -2.10. The fourth-order valence-electron chi connectivity index (χ4n) is 0.872. The van der Waals surface area contributed by atoms with E-state index in [1.807, 2.05) is 27.7 Å². The molecule has 0 aliphatic carbocycles. The van der Waals surface area contributed by atoms with E-state index in [-0.39, 0.29) is 6.07 Å². The van der Waals surface area contributed by atoms with Crippen LogP contribution in [0.1, 0.15) is 38.8 Å². The first-order valence-corrected chi connectivity index (χ1v) is 5.46. The molecule has 0 N–H and O–H groups in total. The van der Waals surface area contributed by atoms with Crippen molar-refractivity contribution in [1.29, 1.82) is 0 Å². The third kappa shape index (κ3) is 6.51. The van der Waals surface area contributed by atoms with Crippen LogP contribution < -0.4 is 0 Å². The van der Waals surface area contributed by atoms with Gasteiger partial charge in [0.2, 0.25) is 0 Å². The van der Waals surface area contributed by atoms with Gasteiger partial charge in [-0.2, -0.15) is 26.3 Å². The Bertz CT molecular complexity index is 295. The van der Waals surface area contributed by atoms with Crippen LogP contribution in [0.25, 0.3) is 0 Å². The second kappa shape index (κ2) is 8.00. The van der Waals surface area contributed by atoms with Gasteiger partial charge in [-0.25, -0.2) is 0 Å². The number of hydrogen-bond donors (Lipinski definition) is 0. The van der Waals surface area contributed by atoms with Crippen molar-refractivity contribution >= 4 is 0 Å². The van der Waals surface area contributed by atoms with E-state index in [4.69, 9.17) is 0 Å². The Kier molecular flexibility index (Phi) is 8.51. The molecule has 0 amide bonds. The van der Waals surface area contributed by atoms with Gasteiger partial charge in [0.05, 0.1) is 11.1 Å². The van der Waals surface area contributed by atoms with Crippen molar-refractivity contribution in [2.75, 3.05) is 0 Å². The second-order valence-electron chi connectivity index (χ2n) is 2.58. The van der Waals surface area contributed by atoms with E-state index in [0.717, 1.165) is 6.07 Å². The summed E-state index contributed by atoms with van der Waals surface area (Å²) in [4.78, 5) is 0. The normalized spacial score (nSPS) is 10.8. The van der Waals surface area contributed by atoms with Gasteiger partial charge in [-0.05, 0) is 18.2 Å². The fraction of sp³-hybridized carbons (Fsp3) is 0.500. The van der Waals surface area contributed by atoms with Gasteiger partial charge in [-0.1, -0.05) is 33.8 Å². The molecule has 6 heteroatoms. The molecular formula is C12H16F6. The lowest BCUT2D eigenvalue weighted by Crippen LogP contribution is -2.09. The van der Waals surface area contributed by atoms with Crippen LogP contribution in [0.5, 0.6) is 0 Å². The van der Waals surface area contributed by atoms with E-state index in [1.165, 1.54) is 0 Å². The Morgan fingerprint density at radius 3 is 1.17 bits per heavy atom. The third-order valence-electron chi connectivity index (χ3n) is 1.52. The summed E-state index contributed by atoms with van der Waals surface area (Å²) in [5, 5.41) is 0. The highest BCUT2D eigenvalue weighted by Crippen LogP contribution is 2.34. The SMILES string of the molecule is CC.CC.FC(F)(F)c1cccc(C(F)(F)F)c1. The summed E-state index contributed by atoms with van der Waals surface area (Å²) in [5.41, 5.74) is -2.60. The molecule has 1 aromatic rings. The van der Waals surface area contributed by atoms with Crippen molar-refractivity contribution in [3.8, 4) is 0 Å². The third-order valence-corrected chi connectivity index (χ3v) is 1.52. The lowest BCUT2D eigenvalue weighted by atomic mass is 10.1. The van der Waals surface area contributed by atoms with Crippen LogP contribution in [0.2, 0.25) is 0 Å². The molecule has 0 saturated carbocycles. The molecule has 18 heavy (non-hydrogen) atoms. The van der Waals surface area contributed by atoms with Gasteiger partial charge in [0, 0.05) is 0 Å². The van der Waals surface area contributed by atoms with Crippen molar-refractivity contribution < 1.29 is 26.3 Å². The van der Waals surface area contributed by atoms with Crippen LogP contribution in [0.3, 0.4) is 0 Å². The van der Waals surface area contributed by atoms with E-state index >= 15 is 0 Å². The van der Waals surface area contributed by atoms with Crippen molar-refractivity contribution in [1.82, 2.24) is 0 Å². The number of alkyl halides is 6. The Balaban J connectivity index is 0. The zero-order valence-corrected chi connectivity index (χ0v) is 10.6. The molecule has 0 atom stereocenters. The highest BCUT2D eigenvalue weighted by Gasteiger charge is 2.35. The minimum Gasteiger partial charge on any atom is -0.166 e. The number of hydrogen-bond acceptors (Lipinski definition) is 0. The van der Waals surface area contributed by atoms with E-state index in [2.05, 4.69) is 0 Å². The summed E-state index contributed by atoms with van der Waals surface area (Å²) in [5.74, 6) is 0. The smallest absolute Gasteiger partial charge is 0.166 e. The van der Waals surface area contributed by atoms with Crippen LogP contribution in [0.4, 0.5) is 26.3 Å². The van der Waals surface area contributed by atoms with Crippen LogP contribution in [0.15, 0.2) is 24.3 Å². The topological polar surface area (TPSA) is 0 Å². The standard InChI is InChI=1S/C8H4F6.2C2H6/c9-7(10,11)5-2-1-3-6(4-5)8(12,13)14;2*1-2/h1-4H;2*1-2H3. The molecule has 0 aliphatic heterocycles. The van der Waals surface area contributed by atoms with Gasteiger partial charge in [0.25, 0.3) is 0 Å². The highest BCUT2D eigenvalue weighted by molar-refractivity contribution is 5.27. The molecule has 0 heterocycles. The van der Waals surface area contributed by atoms with Gasteiger partial charge in [-0.15, -0.1) is 0 Å². The van der Waals surface area contributed by atoms with Crippen LogP contribution in [-0.4, -0.2) is 0 Å². The maximum atomic E-state index is 12.0. The molecule has 1 rings (SSSR count). The lowest BCUT2D eigenvalue weighted by molar-refractivity contribution is -0.143. The summed E-state index contributed by atoms with van der Waals surface area (Å²) < 4.78 is 71.9. The first-order chi connectivity index (χ1) is 8.21. The zero-order valence-electron chi connectivity index (χ0n) is 10.6. The highest BCUT2D eigenvalue weighted by atomic mass is 19.4. The van der Waals surface area contributed by atoms with Crippen molar-refractivity contribution in [2.24, 2.45) is 0 Å². The van der Waals surface area contributed by atoms with E-state index < -0.39 is 23.5 Å². The Morgan fingerprint density at radius 2 is 0.944 bits per heavy atom. The fourth-order valence-corrected chi connectivity index (χ4v) is 0.872. The van der Waals surface area contributed by atoms with Gasteiger partial charge in [-0.3, -0.25) is 0 Å². The number of halogens is 6. The molecule has 0 nitrogen and oxygen atoms in total. The monoisotopic (exact) mass is 274 g/mol. The summed E-state index contributed by atoms with van der Waals surface area (Å²) >= 11 is 0. The molecule has 0 radical (unpaired) electrons. The average molecular weight is 274 g/mol. The van der Waals surface area contributed by atoms with Crippen molar-refractivity contribution in [2.45, 2.75) is 40.0 Å². The number of benzene rings is 1. The molecule has 0 spiro atoms. The first kappa shape index (κ1) is 19.1. The summed E-state index contributed by atoms with van der Waals surface area (Å²) in [6.07, 6.45) is -9.50. The minimum atomic E-state index is -4.75. The van der Waals surface area contributed by atoms with E-state index in [0.29, 0.717) is 12.1 Å². The van der Waals surface area contributed by atoms with Gasteiger partial charge in [0.15, 0.2) is 0 Å². The van der Waals surface area contributed by atoms with E-state index in [9.17, 15) is 26.3 Å². The summed E-state index contributed by atoms with van der Waals surface area (Å²) in [6.45, 7) is 8.00. The van der Waals surface area contributed by atoms with Gasteiger partial charge < -0.3 is 0 Å². The van der Waals surface area contributed by atoms with Crippen LogP contribution in [0, 0.1) is 0 Å². The Labute approximate surface area is 103 Å². The number of rotatable bonds is 0. The summed E-state index contributed by atoms with van der Waals surface area (Å²) in [6, 6.07) is 2.00. The second-order valence-corrected chi connectivity index (χ2v) is 2.58. The predicted octanol–water partition coefficient (Wildman–Crippen LogP) is 5.78. The minimum absolute atomic E-state index is 0.0833. The van der Waals surface area contributed by atoms with Crippen molar-refractivity contribution in [3.05, 3.63) is 35.4 Å². The quantitative estimate of drug-likeness (QED) is 0.526. The molecule has 0 aliphatic rings. The zero-order chi connectivity index (χ0) is 15.0. The Hall–Kier alpha value is -1.20. The maximum Gasteiger partial charge on any atom is 0.416 e. The largest absolute Gasteiger partial charge is 0.416 e. The molecule has 1 aromatic carbocycles. The first-order valence-electron chi connectivity index (χ1n) is 5.46. The Morgan fingerprint density at radius 1 is 0.667 bits per heavy atom. The van der Waals surface area contributed by atoms with Crippen LogP contribution >= 0.6 is 0 Å². The molecule has 0 saturated heterocycles. The van der Waals surface area contributed by atoms with E-state index in [1.54, 1.807) is 0 Å². The van der Waals surface area contributed by atoms with Crippen LogP contribution in [-0.2, 0) is 12.4 Å². The molecule has 0 bridgehead atoms. The van der Waals surface area contributed by atoms with Gasteiger partial charge in [0.1, 0.15) is 0 Å². The molecule has 0 fully saturated rings. The summed E-state index contributed by atoms with van der Waals surface area (Å²) in [7, 11) is 0. The predicted molar refractivity (Wildman–Crippen MR) is 59.1 cm³/mol. The molecule has 0 aromatic heterocycles. The van der Waals surface area contributed by atoms with Crippen molar-refractivity contribution in [3.63, 3.8) is 0 Å². The molecular weight excluding hydrogens is 258 g/mol. The maximum absolute atomic E-state index is 12.0. The van der Waals surface area contributed by atoms with Gasteiger partial charge >= 0.3 is 12.4 Å². The molecule has 106 valence electrons.